The van der Waals surface area contributed by atoms with Crippen molar-refractivity contribution in [2.24, 2.45) is 13.0 Å². The number of nitrogens with zero attached hydrogens (tertiary/aromatic N) is 1. The van der Waals surface area contributed by atoms with Gasteiger partial charge >= 0.3 is 0 Å². The maximum atomic E-state index is 11.9. The molecule has 0 saturated heterocycles. The number of hydrogen-bond acceptors (Lipinski definition) is 2. The number of carbonyl (C=O) groups is 1. The first-order valence-electron chi connectivity index (χ1n) is 5.19. The van der Waals surface area contributed by atoms with Crippen LogP contribution in [0.1, 0.15) is 24.3 Å². The molecule has 0 spiro atoms. The minimum Gasteiger partial charge on any atom is -0.394 e. The van der Waals surface area contributed by atoms with Gasteiger partial charge < -0.3 is 15.0 Å². The second kappa shape index (κ2) is 5.50. The Bertz CT molecular complexity index is 374. The molecule has 0 aliphatic heterocycles. The van der Waals surface area contributed by atoms with E-state index in [1.54, 1.807) is 10.6 Å². The monoisotopic (exact) mass is 288 g/mol. The molecule has 4 nitrogen and oxygen atoms in total. The zero-order valence-corrected chi connectivity index (χ0v) is 11.3. The van der Waals surface area contributed by atoms with Crippen LogP contribution in [0.5, 0.6) is 0 Å². The van der Waals surface area contributed by atoms with Gasteiger partial charge in [0.1, 0.15) is 5.69 Å². The molecular formula is C11H17BrN2O2. The van der Waals surface area contributed by atoms with E-state index >= 15 is 0 Å². The Balaban J connectivity index is 2.75. The average molecular weight is 289 g/mol. The Morgan fingerprint density at radius 2 is 2.25 bits per heavy atom. The largest absolute Gasteiger partial charge is 0.394 e. The molecule has 90 valence electrons. The molecule has 0 fully saturated rings. The third-order valence-corrected chi connectivity index (χ3v) is 2.96. The molecular weight excluding hydrogens is 272 g/mol. The number of aliphatic hydroxyl groups excluding tert-OH is 1. The van der Waals surface area contributed by atoms with E-state index in [0.29, 0.717) is 5.69 Å². The molecule has 16 heavy (non-hydrogen) atoms. The summed E-state index contributed by atoms with van der Waals surface area (Å²) < 4.78 is 2.61. The van der Waals surface area contributed by atoms with Gasteiger partial charge in [-0.1, -0.05) is 13.8 Å². The van der Waals surface area contributed by atoms with Crippen LogP contribution in [0.2, 0.25) is 0 Å². The number of nitrogens with one attached hydrogen (secondary N) is 1. The Morgan fingerprint density at radius 1 is 1.62 bits per heavy atom. The Morgan fingerprint density at radius 3 is 2.62 bits per heavy atom. The zero-order chi connectivity index (χ0) is 12.3. The van der Waals surface area contributed by atoms with Crippen LogP contribution < -0.4 is 5.32 Å². The van der Waals surface area contributed by atoms with Crippen molar-refractivity contribution in [2.45, 2.75) is 19.9 Å². The van der Waals surface area contributed by atoms with E-state index in [1.165, 1.54) is 0 Å². The summed E-state index contributed by atoms with van der Waals surface area (Å²) in [5, 5.41) is 11.9. The quantitative estimate of drug-likeness (QED) is 0.883. The van der Waals surface area contributed by atoms with Gasteiger partial charge in [0, 0.05) is 17.7 Å². The minimum absolute atomic E-state index is 0.0466. The summed E-state index contributed by atoms with van der Waals surface area (Å²) in [7, 11) is 1.81. The lowest BCUT2D eigenvalue weighted by Crippen LogP contribution is -2.41. The number of carbonyl (C=O) groups excluding carboxylic acids is 1. The molecule has 2 N–H and O–H groups in total. The molecule has 1 aromatic rings. The van der Waals surface area contributed by atoms with Gasteiger partial charge in [-0.2, -0.15) is 0 Å². The number of rotatable bonds is 4. The SMILES string of the molecule is CC(C)[C@@H](CO)NC(=O)c1cc(Br)cn1C. The second-order valence-electron chi connectivity index (χ2n) is 4.16. The van der Waals surface area contributed by atoms with Crippen LogP contribution in [0.15, 0.2) is 16.7 Å². The number of aryl methyl sites for hydroxylation is 1. The Hall–Kier alpha value is -0.810. The molecule has 0 saturated carbocycles. The van der Waals surface area contributed by atoms with Crippen LogP contribution in [0.4, 0.5) is 0 Å². The van der Waals surface area contributed by atoms with Gasteiger partial charge in [-0.15, -0.1) is 0 Å². The molecule has 0 unspecified atom stereocenters. The first kappa shape index (κ1) is 13.3. The van der Waals surface area contributed by atoms with E-state index in [2.05, 4.69) is 21.2 Å². The normalized spacial score (nSPS) is 12.9. The molecule has 0 aliphatic carbocycles. The van der Waals surface area contributed by atoms with E-state index in [4.69, 9.17) is 5.11 Å². The first-order valence-corrected chi connectivity index (χ1v) is 5.98. The molecule has 5 heteroatoms. The highest BCUT2D eigenvalue weighted by Crippen LogP contribution is 2.14. The van der Waals surface area contributed by atoms with Crippen molar-refractivity contribution in [3.8, 4) is 0 Å². The molecule has 0 radical (unpaired) electrons. The third-order valence-electron chi connectivity index (χ3n) is 2.52. The van der Waals surface area contributed by atoms with Gasteiger partial charge in [0.25, 0.3) is 5.91 Å². The molecule has 0 aliphatic rings. The Labute approximate surface area is 104 Å². The van der Waals surface area contributed by atoms with Gasteiger partial charge in [0.15, 0.2) is 0 Å². The Kier molecular flexibility index (Phi) is 4.56. The average Bonchev–Trinajstić information content (AvgIpc) is 2.53. The fraction of sp³-hybridized carbons (Fsp3) is 0.545. The lowest BCUT2D eigenvalue weighted by atomic mass is 10.1. The van der Waals surface area contributed by atoms with Crippen LogP contribution in [0, 0.1) is 5.92 Å². The van der Waals surface area contributed by atoms with Gasteiger partial charge in [-0.3, -0.25) is 4.79 Å². The highest BCUT2D eigenvalue weighted by Gasteiger charge is 2.18. The molecule has 1 atom stereocenters. The number of amides is 1. The standard InChI is InChI=1S/C11H17BrN2O2/c1-7(2)9(6-15)13-11(16)10-4-8(12)5-14(10)3/h4-5,7,9,15H,6H2,1-3H3,(H,13,16)/t9-/m1/s1. The van der Waals surface area contributed by atoms with E-state index in [9.17, 15) is 4.79 Å². The van der Waals surface area contributed by atoms with Gasteiger partial charge in [0.05, 0.1) is 12.6 Å². The topological polar surface area (TPSA) is 54.3 Å². The highest BCUT2D eigenvalue weighted by atomic mass is 79.9. The predicted octanol–water partition coefficient (Wildman–Crippen LogP) is 1.53. The van der Waals surface area contributed by atoms with Crippen molar-refractivity contribution < 1.29 is 9.90 Å². The van der Waals surface area contributed by atoms with Crippen LogP contribution in [-0.2, 0) is 7.05 Å². The van der Waals surface area contributed by atoms with E-state index in [1.807, 2.05) is 27.1 Å². The molecule has 1 rings (SSSR count). The lowest BCUT2D eigenvalue weighted by Gasteiger charge is -2.19. The van der Waals surface area contributed by atoms with Crippen molar-refractivity contribution >= 4 is 21.8 Å². The summed E-state index contributed by atoms with van der Waals surface area (Å²) in [6, 6.07) is 1.55. The van der Waals surface area contributed by atoms with Crippen molar-refractivity contribution in [2.75, 3.05) is 6.61 Å². The van der Waals surface area contributed by atoms with Gasteiger partial charge in [0.2, 0.25) is 0 Å². The van der Waals surface area contributed by atoms with Crippen LogP contribution >= 0.6 is 15.9 Å². The highest BCUT2D eigenvalue weighted by molar-refractivity contribution is 9.10. The number of hydrogen-bond donors (Lipinski definition) is 2. The molecule has 0 bridgehead atoms. The van der Waals surface area contributed by atoms with Gasteiger partial charge in [-0.05, 0) is 27.9 Å². The fourth-order valence-electron chi connectivity index (χ4n) is 1.42. The van der Waals surface area contributed by atoms with Crippen LogP contribution in [0.25, 0.3) is 0 Å². The summed E-state index contributed by atoms with van der Waals surface area (Å²) in [4.78, 5) is 11.9. The smallest absolute Gasteiger partial charge is 0.268 e. The number of aromatic nitrogens is 1. The van der Waals surface area contributed by atoms with E-state index in [0.717, 1.165) is 4.47 Å². The fourth-order valence-corrected chi connectivity index (χ4v) is 1.94. The number of aliphatic hydroxyl groups is 1. The minimum atomic E-state index is -0.207. The van der Waals surface area contributed by atoms with Crippen molar-refractivity contribution in [1.82, 2.24) is 9.88 Å². The molecule has 1 heterocycles. The maximum absolute atomic E-state index is 11.9. The van der Waals surface area contributed by atoms with E-state index in [-0.39, 0.29) is 24.5 Å². The number of halogens is 1. The van der Waals surface area contributed by atoms with Crippen molar-refractivity contribution in [3.63, 3.8) is 0 Å². The lowest BCUT2D eigenvalue weighted by molar-refractivity contribution is 0.0888. The third kappa shape index (κ3) is 3.09. The summed E-state index contributed by atoms with van der Waals surface area (Å²) >= 11 is 3.31. The first-order chi connectivity index (χ1) is 7.45. The van der Waals surface area contributed by atoms with Crippen molar-refractivity contribution in [3.05, 3.63) is 22.4 Å². The van der Waals surface area contributed by atoms with Gasteiger partial charge in [-0.25, -0.2) is 0 Å². The summed E-state index contributed by atoms with van der Waals surface area (Å²) in [6.07, 6.45) is 1.82. The summed E-state index contributed by atoms with van der Waals surface area (Å²) in [6.45, 7) is 3.87. The molecule has 1 amide bonds. The van der Waals surface area contributed by atoms with Crippen molar-refractivity contribution in [1.29, 1.82) is 0 Å². The summed E-state index contributed by atoms with van der Waals surface area (Å²) in [5.74, 6) is 0.0404. The van der Waals surface area contributed by atoms with E-state index < -0.39 is 0 Å². The molecule has 1 aromatic heterocycles. The second-order valence-corrected chi connectivity index (χ2v) is 5.08. The van der Waals surface area contributed by atoms with Crippen LogP contribution in [-0.4, -0.2) is 28.2 Å². The van der Waals surface area contributed by atoms with Crippen LogP contribution in [0.3, 0.4) is 0 Å². The maximum Gasteiger partial charge on any atom is 0.268 e. The summed E-state index contributed by atoms with van der Waals surface area (Å²) in [5.41, 5.74) is 0.575. The molecule has 0 aromatic carbocycles. The zero-order valence-electron chi connectivity index (χ0n) is 9.70. The predicted molar refractivity (Wildman–Crippen MR) is 66.3 cm³/mol.